The molecule has 0 spiro atoms. The number of ether oxygens (including phenoxy) is 3. The van der Waals surface area contributed by atoms with Crippen molar-refractivity contribution in [1.82, 2.24) is 10.1 Å². The van der Waals surface area contributed by atoms with Crippen molar-refractivity contribution >= 4 is 22.4 Å². The van der Waals surface area contributed by atoms with Crippen LogP contribution < -0.4 is 30.6 Å². The number of halogens is 1. The third-order valence-electron chi connectivity index (χ3n) is 6.11. The molecule has 1 fully saturated rings. The Bertz CT molecular complexity index is 1530. The highest BCUT2D eigenvalue weighted by Gasteiger charge is 2.39. The first kappa shape index (κ1) is 25.1. The standard InChI is InChI=1S/C28H28FN5O4/c1-16-11-27(34-38-16)33-18(3)17(2)32-19-5-6-24(21(29)12-19)37-23-7-10-31-22-14-26(25(35-4)13-20(22)23)36-15-28(30)8-9-28/h5-7,10-14,32H,2-3,8-9,15,30H2,1,4H3,(H,33,34). The number of nitrogens with one attached hydrogen (secondary N) is 2. The molecule has 10 heteroatoms. The van der Waals surface area contributed by atoms with Crippen LogP contribution in [-0.4, -0.2) is 29.4 Å². The summed E-state index contributed by atoms with van der Waals surface area (Å²) in [6.07, 6.45) is 3.45. The maximum absolute atomic E-state index is 15.0. The largest absolute Gasteiger partial charge is 0.493 e. The van der Waals surface area contributed by atoms with Gasteiger partial charge >= 0.3 is 0 Å². The number of anilines is 2. The fraction of sp³-hybridized carbons (Fsp3) is 0.214. The molecule has 0 amide bonds. The van der Waals surface area contributed by atoms with Gasteiger partial charge in [-0.15, -0.1) is 0 Å². The average Bonchev–Trinajstić information content (AvgIpc) is 3.50. The van der Waals surface area contributed by atoms with Crippen LogP contribution in [0, 0.1) is 12.7 Å². The van der Waals surface area contributed by atoms with Crippen LogP contribution in [0.15, 0.2) is 77.7 Å². The summed E-state index contributed by atoms with van der Waals surface area (Å²) in [6.45, 7) is 10.0. The first-order valence-electron chi connectivity index (χ1n) is 11.9. The van der Waals surface area contributed by atoms with E-state index in [4.69, 9.17) is 24.5 Å². The lowest BCUT2D eigenvalue weighted by Gasteiger charge is -2.16. The van der Waals surface area contributed by atoms with Gasteiger partial charge in [-0.2, -0.15) is 0 Å². The van der Waals surface area contributed by atoms with E-state index in [-0.39, 0.29) is 11.3 Å². The van der Waals surface area contributed by atoms with Gasteiger partial charge in [0.2, 0.25) is 0 Å². The Kier molecular flexibility index (Phi) is 6.64. The minimum Gasteiger partial charge on any atom is -0.493 e. The third-order valence-corrected chi connectivity index (χ3v) is 6.11. The molecule has 0 radical (unpaired) electrons. The van der Waals surface area contributed by atoms with Crippen LogP contribution >= 0.6 is 0 Å². The zero-order valence-corrected chi connectivity index (χ0v) is 21.1. The van der Waals surface area contributed by atoms with Crippen molar-refractivity contribution in [2.75, 3.05) is 24.4 Å². The molecular weight excluding hydrogens is 489 g/mol. The first-order valence-corrected chi connectivity index (χ1v) is 11.9. The molecule has 196 valence electrons. The van der Waals surface area contributed by atoms with Crippen LogP contribution in [-0.2, 0) is 0 Å². The molecule has 5 rings (SSSR count). The minimum absolute atomic E-state index is 0.0433. The number of methoxy groups -OCH3 is 1. The van der Waals surface area contributed by atoms with Gasteiger partial charge in [-0.05, 0) is 44.0 Å². The molecule has 0 saturated heterocycles. The summed E-state index contributed by atoms with van der Waals surface area (Å²) >= 11 is 0. The molecule has 1 aliphatic carbocycles. The van der Waals surface area contributed by atoms with Gasteiger partial charge in [-0.1, -0.05) is 18.3 Å². The highest BCUT2D eigenvalue weighted by atomic mass is 19.1. The number of nitrogens with two attached hydrogens (primary N) is 1. The number of aryl methyl sites for hydroxylation is 1. The van der Waals surface area contributed by atoms with Crippen LogP contribution in [0.3, 0.4) is 0 Å². The van der Waals surface area contributed by atoms with E-state index in [2.05, 4.69) is 33.9 Å². The SMILES string of the molecule is C=C(Nc1ccc(Oc2ccnc3cc(OCC4(N)CC4)c(OC)cc23)c(F)c1)C(=C)Nc1cc(C)on1. The molecule has 2 aromatic heterocycles. The van der Waals surface area contributed by atoms with E-state index in [1.54, 1.807) is 50.6 Å². The third kappa shape index (κ3) is 5.55. The Hall–Kier alpha value is -4.57. The molecule has 0 bridgehead atoms. The lowest BCUT2D eigenvalue weighted by molar-refractivity contribution is 0.264. The monoisotopic (exact) mass is 517 g/mol. The molecule has 0 aliphatic heterocycles. The maximum atomic E-state index is 15.0. The lowest BCUT2D eigenvalue weighted by Crippen LogP contribution is -2.29. The lowest BCUT2D eigenvalue weighted by atomic mass is 10.1. The molecule has 0 unspecified atom stereocenters. The average molecular weight is 518 g/mol. The van der Waals surface area contributed by atoms with Gasteiger partial charge in [-0.25, -0.2) is 4.39 Å². The number of aromatic nitrogens is 2. The minimum atomic E-state index is -0.567. The van der Waals surface area contributed by atoms with E-state index in [1.807, 2.05) is 0 Å². The molecule has 4 N–H and O–H groups in total. The molecule has 2 heterocycles. The number of benzene rings is 2. The van der Waals surface area contributed by atoms with Gasteiger partial charge in [-0.3, -0.25) is 4.98 Å². The second kappa shape index (κ2) is 10.1. The number of fused-ring (bicyclic) bond motifs is 1. The maximum Gasteiger partial charge on any atom is 0.174 e. The van der Waals surface area contributed by atoms with Crippen molar-refractivity contribution in [3.63, 3.8) is 0 Å². The van der Waals surface area contributed by atoms with E-state index < -0.39 is 5.82 Å². The molecular formula is C28H28FN5O4. The molecule has 0 atom stereocenters. The molecule has 4 aromatic rings. The summed E-state index contributed by atoms with van der Waals surface area (Å²) in [7, 11) is 1.55. The summed E-state index contributed by atoms with van der Waals surface area (Å²) in [5.41, 5.74) is 7.85. The number of hydrogen-bond acceptors (Lipinski definition) is 9. The van der Waals surface area contributed by atoms with Crippen molar-refractivity contribution in [2.24, 2.45) is 5.73 Å². The molecule has 2 aromatic carbocycles. The van der Waals surface area contributed by atoms with Gasteiger partial charge in [0.15, 0.2) is 28.9 Å². The van der Waals surface area contributed by atoms with Gasteiger partial charge in [0.1, 0.15) is 18.1 Å². The van der Waals surface area contributed by atoms with E-state index in [0.29, 0.717) is 63.4 Å². The Morgan fingerprint density at radius 2 is 1.84 bits per heavy atom. The predicted molar refractivity (Wildman–Crippen MR) is 143 cm³/mol. The summed E-state index contributed by atoms with van der Waals surface area (Å²) in [5.74, 6) is 2.10. The quantitative estimate of drug-likeness (QED) is 0.209. The van der Waals surface area contributed by atoms with Crippen molar-refractivity contribution in [3.8, 4) is 23.0 Å². The zero-order chi connectivity index (χ0) is 26.9. The van der Waals surface area contributed by atoms with Crippen LogP contribution in [0.2, 0.25) is 0 Å². The van der Waals surface area contributed by atoms with Crippen molar-refractivity contribution in [3.05, 3.63) is 84.8 Å². The molecule has 1 saturated carbocycles. The number of hydrogen-bond donors (Lipinski definition) is 3. The Labute approximate surface area is 219 Å². The Morgan fingerprint density at radius 1 is 1.05 bits per heavy atom. The second-order valence-corrected chi connectivity index (χ2v) is 9.26. The summed E-state index contributed by atoms with van der Waals surface area (Å²) < 4.78 is 37.4. The fourth-order valence-electron chi connectivity index (χ4n) is 3.70. The Morgan fingerprint density at radius 3 is 2.53 bits per heavy atom. The van der Waals surface area contributed by atoms with Crippen LogP contribution in [0.25, 0.3) is 10.9 Å². The molecule has 38 heavy (non-hydrogen) atoms. The van der Waals surface area contributed by atoms with Crippen LogP contribution in [0.5, 0.6) is 23.0 Å². The summed E-state index contributed by atoms with van der Waals surface area (Å²) in [5, 5.41) is 10.5. The molecule has 9 nitrogen and oxygen atoms in total. The Balaban J connectivity index is 1.30. The van der Waals surface area contributed by atoms with Crippen molar-refractivity contribution in [2.45, 2.75) is 25.3 Å². The highest BCUT2D eigenvalue weighted by molar-refractivity contribution is 5.88. The van der Waals surface area contributed by atoms with E-state index >= 15 is 4.39 Å². The van der Waals surface area contributed by atoms with E-state index in [0.717, 1.165) is 12.8 Å². The number of pyridine rings is 1. The fourth-order valence-corrected chi connectivity index (χ4v) is 3.70. The number of rotatable bonds is 11. The first-order chi connectivity index (χ1) is 18.2. The topological polar surface area (TPSA) is 117 Å². The van der Waals surface area contributed by atoms with Crippen molar-refractivity contribution < 1.29 is 23.1 Å². The van der Waals surface area contributed by atoms with Crippen molar-refractivity contribution in [1.29, 1.82) is 0 Å². The normalized spacial score (nSPS) is 13.6. The van der Waals surface area contributed by atoms with Gasteiger partial charge in [0.05, 0.1) is 29.6 Å². The predicted octanol–water partition coefficient (Wildman–Crippen LogP) is 5.89. The zero-order valence-electron chi connectivity index (χ0n) is 21.1. The van der Waals surface area contributed by atoms with E-state index in [9.17, 15) is 0 Å². The molecule has 1 aliphatic rings. The van der Waals surface area contributed by atoms with Gasteiger partial charge in [0.25, 0.3) is 0 Å². The van der Waals surface area contributed by atoms with E-state index in [1.165, 1.54) is 12.1 Å². The van der Waals surface area contributed by atoms with Gasteiger partial charge < -0.3 is 35.1 Å². The second-order valence-electron chi connectivity index (χ2n) is 9.26. The summed E-state index contributed by atoms with van der Waals surface area (Å²) in [6, 6.07) is 11.4. The van der Waals surface area contributed by atoms with Gasteiger partial charge in [0, 0.05) is 35.5 Å². The number of nitrogens with zero attached hydrogens (tertiary/aromatic N) is 2. The highest BCUT2D eigenvalue weighted by Crippen LogP contribution is 2.39. The summed E-state index contributed by atoms with van der Waals surface area (Å²) in [4.78, 5) is 4.41. The smallest absolute Gasteiger partial charge is 0.174 e. The van der Waals surface area contributed by atoms with Crippen LogP contribution in [0.1, 0.15) is 18.6 Å². The van der Waals surface area contributed by atoms with Crippen LogP contribution in [0.4, 0.5) is 15.9 Å².